The monoisotopic (exact) mass is 373 g/mol. The van der Waals surface area contributed by atoms with E-state index in [2.05, 4.69) is 27.9 Å². The Bertz CT molecular complexity index is 1080. The molecule has 1 aromatic carbocycles. The number of hydrogen-bond acceptors (Lipinski definition) is 4. The molecule has 3 N–H and O–H groups in total. The number of benzene rings is 1. The van der Waals surface area contributed by atoms with Gasteiger partial charge < -0.3 is 15.6 Å². The molecule has 1 atom stereocenters. The third kappa shape index (κ3) is 2.76. The molecule has 2 aliphatic rings. The highest BCUT2D eigenvalue weighted by Gasteiger charge is 2.39. The van der Waals surface area contributed by atoms with Crippen LogP contribution in [-0.4, -0.2) is 31.8 Å². The number of nitrogens with zero attached hydrogens (tertiary/aromatic N) is 3. The van der Waals surface area contributed by atoms with Crippen LogP contribution in [0.1, 0.15) is 41.4 Å². The predicted molar refractivity (Wildman–Crippen MR) is 108 cm³/mol. The first-order valence-electron chi connectivity index (χ1n) is 9.73. The Morgan fingerprint density at radius 1 is 1.21 bits per heavy atom. The highest BCUT2D eigenvalue weighted by molar-refractivity contribution is 6.04. The summed E-state index contributed by atoms with van der Waals surface area (Å²) in [4.78, 5) is 26.9. The molecule has 28 heavy (non-hydrogen) atoms. The van der Waals surface area contributed by atoms with Gasteiger partial charge in [0.1, 0.15) is 5.69 Å². The second kappa shape index (κ2) is 6.19. The molecule has 1 fully saturated rings. The SMILES string of the molecule is Cc1cnc(-c2cc(-c3cc(N)c4c(c3)CN(C(C)C3CC3)C4=O)ccn2)[nH]1. The number of pyridine rings is 1. The third-order valence-electron chi connectivity index (χ3n) is 5.90. The standard InChI is InChI=1S/C22H23N5O/c1-12-10-25-21(26-12)19-9-15(5-6-24-19)16-7-17-11-27(13(2)14-3-4-14)22(28)20(17)18(23)8-16/h5-10,13-14H,3-4,11,23H2,1-2H3,(H,25,26). The summed E-state index contributed by atoms with van der Waals surface area (Å²) in [6.45, 7) is 4.76. The van der Waals surface area contributed by atoms with Crippen LogP contribution in [0.25, 0.3) is 22.6 Å². The molecule has 6 heteroatoms. The molecule has 5 rings (SSSR count). The van der Waals surface area contributed by atoms with E-state index in [1.165, 1.54) is 12.8 Å². The highest BCUT2D eigenvalue weighted by Crippen LogP contribution is 2.40. The predicted octanol–water partition coefficient (Wildman–Crippen LogP) is 3.78. The molecule has 1 aliphatic heterocycles. The van der Waals surface area contributed by atoms with E-state index >= 15 is 0 Å². The molecule has 142 valence electrons. The lowest BCUT2D eigenvalue weighted by Crippen LogP contribution is -2.34. The maximum absolute atomic E-state index is 12.9. The summed E-state index contributed by atoms with van der Waals surface area (Å²) in [5, 5.41) is 0. The van der Waals surface area contributed by atoms with Crippen molar-refractivity contribution in [3.05, 3.63) is 53.5 Å². The first-order valence-corrected chi connectivity index (χ1v) is 9.73. The molecule has 0 bridgehead atoms. The molecule has 0 saturated heterocycles. The Labute approximate surface area is 163 Å². The smallest absolute Gasteiger partial charge is 0.256 e. The molecule has 1 unspecified atom stereocenters. The summed E-state index contributed by atoms with van der Waals surface area (Å²) in [6, 6.07) is 8.23. The van der Waals surface area contributed by atoms with Gasteiger partial charge in [-0.3, -0.25) is 9.78 Å². The van der Waals surface area contributed by atoms with Crippen molar-refractivity contribution >= 4 is 11.6 Å². The van der Waals surface area contributed by atoms with Crippen LogP contribution in [0.5, 0.6) is 0 Å². The zero-order valence-corrected chi connectivity index (χ0v) is 16.1. The number of fused-ring (bicyclic) bond motifs is 1. The van der Waals surface area contributed by atoms with Crippen LogP contribution in [0.2, 0.25) is 0 Å². The number of aromatic nitrogens is 3. The maximum atomic E-state index is 12.9. The average molecular weight is 373 g/mol. The van der Waals surface area contributed by atoms with Crippen LogP contribution in [0, 0.1) is 12.8 Å². The minimum atomic E-state index is 0.0694. The van der Waals surface area contributed by atoms with Gasteiger partial charge in [-0.15, -0.1) is 0 Å². The van der Waals surface area contributed by atoms with E-state index in [-0.39, 0.29) is 11.9 Å². The van der Waals surface area contributed by atoms with Gasteiger partial charge in [-0.1, -0.05) is 0 Å². The number of anilines is 1. The van der Waals surface area contributed by atoms with Crippen molar-refractivity contribution in [3.8, 4) is 22.6 Å². The van der Waals surface area contributed by atoms with Crippen LogP contribution in [0.15, 0.2) is 36.7 Å². The average Bonchev–Trinajstić information content (AvgIpc) is 3.36. The van der Waals surface area contributed by atoms with Crippen molar-refractivity contribution < 1.29 is 4.79 Å². The van der Waals surface area contributed by atoms with Crippen molar-refractivity contribution in [2.24, 2.45) is 5.92 Å². The van der Waals surface area contributed by atoms with Crippen molar-refractivity contribution in [2.75, 3.05) is 5.73 Å². The Hall–Kier alpha value is -3.15. The molecular weight excluding hydrogens is 350 g/mol. The Morgan fingerprint density at radius 2 is 2.04 bits per heavy atom. The largest absolute Gasteiger partial charge is 0.398 e. The molecule has 2 aromatic heterocycles. The minimum absolute atomic E-state index is 0.0694. The van der Waals surface area contributed by atoms with Gasteiger partial charge in [-0.25, -0.2) is 4.98 Å². The van der Waals surface area contributed by atoms with Crippen LogP contribution in [0.4, 0.5) is 5.69 Å². The molecule has 1 amide bonds. The Kier molecular flexibility index (Phi) is 3.75. The van der Waals surface area contributed by atoms with Crippen LogP contribution in [-0.2, 0) is 6.54 Å². The second-order valence-corrected chi connectivity index (χ2v) is 7.96. The maximum Gasteiger partial charge on any atom is 0.256 e. The first kappa shape index (κ1) is 17.0. The quantitative estimate of drug-likeness (QED) is 0.681. The van der Waals surface area contributed by atoms with Gasteiger partial charge in [0.05, 0.1) is 5.56 Å². The fourth-order valence-corrected chi connectivity index (χ4v) is 4.12. The van der Waals surface area contributed by atoms with E-state index in [1.807, 2.05) is 30.0 Å². The number of H-pyrrole nitrogens is 1. The summed E-state index contributed by atoms with van der Waals surface area (Å²) in [6.07, 6.45) is 6.00. The number of carbonyl (C=O) groups is 1. The summed E-state index contributed by atoms with van der Waals surface area (Å²) >= 11 is 0. The van der Waals surface area contributed by atoms with Gasteiger partial charge >= 0.3 is 0 Å². The van der Waals surface area contributed by atoms with Crippen molar-refractivity contribution in [1.82, 2.24) is 19.9 Å². The summed E-state index contributed by atoms with van der Waals surface area (Å²) < 4.78 is 0. The normalized spacial score (nSPS) is 17.1. The van der Waals surface area contributed by atoms with E-state index < -0.39 is 0 Å². The topological polar surface area (TPSA) is 87.9 Å². The number of nitrogens with one attached hydrogen (secondary N) is 1. The molecule has 1 aliphatic carbocycles. The molecule has 0 radical (unpaired) electrons. The Morgan fingerprint density at radius 3 is 2.75 bits per heavy atom. The van der Waals surface area contributed by atoms with E-state index in [0.29, 0.717) is 23.7 Å². The molecule has 3 heterocycles. The first-order chi connectivity index (χ1) is 13.5. The summed E-state index contributed by atoms with van der Waals surface area (Å²) in [5.74, 6) is 1.45. The van der Waals surface area contributed by atoms with E-state index in [4.69, 9.17) is 5.73 Å². The van der Waals surface area contributed by atoms with Gasteiger partial charge in [0.15, 0.2) is 5.82 Å². The van der Waals surface area contributed by atoms with Gasteiger partial charge in [0, 0.05) is 36.4 Å². The number of imidazole rings is 1. The summed E-state index contributed by atoms with van der Waals surface area (Å²) in [5.41, 5.74) is 12.3. The highest BCUT2D eigenvalue weighted by atomic mass is 16.2. The van der Waals surface area contributed by atoms with Gasteiger partial charge in [0.2, 0.25) is 0 Å². The van der Waals surface area contributed by atoms with E-state index in [9.17, 15) is 4.79 Å². The number of aromatic amines is 1. The number of carbonyl (C=O) groups excluding carboxylic acids is 1. The second-order valence-electron chi connectivity index (χ2n) is 7.96. The molecule has 1 saturated carbocycles. The lowest BCUT2D eigenvalue weighted by Gasteiger charge is -2.24. The third-order valence-corrected chi connectivity index (χ3v) is 5.90. The zero-order chi connectivity index (χ0) is 19.4. The lowest BCUT2D eigenvalue weighted by molar-refractivity contribution is 0.0698. The van der Waals surface area contributed by atoms with Crippen molar-refractivity contribution in [2.45, 2.75) is 39.3 Å². The van der Waals surface area contributed by atoms with E-state index in [0.717, 1.165) is 33.9 Å². The number of amides is 1. The zero-order valence-electron chi connectivity index (χ0n) is 16.1. The van der Waals surface area contributed by atoms with Crippen LogP contribution < -0.4 is 5.73 Å². The van der Waals surface area contributed by atoms with Crippen LogP contribution in [0.3, 0.4) is 0 Å². The van der Waals surface area contributed by atoms with Gasteiger partial charge in [-0.2, -0.15) is 0 Å². The minimum Gasteiger partial charge on any atom is -0.398 e. The van der Waals surface area contributed by atoms with E-state index in [1.54, 1.807) is 12.4 Å². The summed E-state index contributed by atoms with van der Waals surface area (Å²) in [7, 11) is 0. The number of nitrogen functional groups attached to an aromatic ring is 1. The Balaban J connectivity index is 1.51. The van der Waals surface area contributed by atoms with Crippen molar-refractivity contribution in [1.29, 1.82) is 0 Å². The molecule has 3 aromatic rings. The molecule has 6 nitrogen and oxygen atoms in total. The molecule has 0 spiro atoms. The number of rotatable bonds is 4. The fourth-order valence-electron chi connectivity index (χ4n) is 4.12. The lowest BCUT2D eigenvalue weighted by atomic mass is 9.99. The van der Waals surface area contributed by atoms with Crippen LogP contribution >= 0.6 is 0 Å². The number of nitrogens with two attached hydrogens (primary N) is 1. The van der Waals surface area contributed by atoms with Gasteiger partial charge in [-0.05, 0) is 73.6 Å². The fraction of sp³-hybridized carbons (Fsp3) is 0.318. The number of aryl methyl sites for hydroxylation is 1. The van der Waals surface area contributed by atoms with Gasteiger partial charge in [0.25, 0.3) is 5.91 Å². The van der Waals surface area contributed by atoms with Crippen molar-refractivity contribution in [3.63, 3.8) is 0 Å². The molecular formula is C22H23N5O. The number of hydrogen-bond donors (Lipinski definition) is 2.